The summed E-state index contributed by atoms with van der Waals surface area (Å²) in [5.74, 6) is 0.299. The minimum atomic E-state index is -0.173. The van der Waals surface area contributed by atoms with Crippen LogP contribution >= 0.6 is 11.6 Å². The molecule has 1 aromatic heterocycles. The highest BCUT2D eigenvalue weighted by Gasteiger charge is 2.07. The molecule has 0 unspecified atom stereocenters. The molecule has 19 heavy (non-hydrogen) atoms. The van der Waals surface area contributed by atoms with Gasteiger partial charge in [-0.25, -0.2) is 14.4 Å². The number of nitrogens with two attached hydrogens (primary N) is 1. The number of hydrogen-bond donors (Lipinski definition) is 2. The van der Waals surface area contributed by atoms with E-state index in [4.69, 9.17) is 17.3 Å². The summed E-state index contributed by atoms with van der Waals surface area (Å²) in [5, 5.41) is 3.27. The maximum absolute atomic E-state index is 13.5. The molecule has 0 fully saturated rings. The van der Waals surface area contributed by atoms with E-state index < -0.39 is 0 Å². The molecule has 0 bridgehead atoms. The lowest BCUT2D eigenvalue weighted by Crippen LogP contribution is -2.06. The first-order valence-electron chi connectivity index (χ1n) is 5.74. The molecule has 2 aromatic rings. The number of nitrogen functional groups attached to an aromatic ring is 1. The van der Waals surface area contributed by atoms with Crippen LogP contribution in [-0.4, -0.2) is 9.97 Å². The van der Waals surface area contributed by atoms with Gasteiger partial charge in [0.25, 0.3) is 0 Å². The normalized spacial score (nSPS) is 10.5. The zero-order valence-corrected chi connectivity index (χ0v) is 11.4. The van der Waals surface area contributed by atoms with Crippen molar-refractivity contribution in [2.24, 2.45) is 0 Å². The van der Waals surface area contributed by atoms with Crippen LogP contribution in [0.1, 0.15) is 16.7 Å². The van der Waals surface area contributed by atoms with Gasteiger partial charge in [0.05, 0.1) is 0 Å². The van der Waals surface area contributed by atoms with Crippen LogP contribution in [0, 0.1) is 19.7 Å². The Morgan fingerprint density at radius 3 is 2.53 bits per heavy atom. The fourth-order valence-corrected chi connectivity index (χ4v) is 1.97. The molecule has 2 rings (SSSR count). The number of anilines is 2. The van der Waals surface area contributed by atoms with Crippen molar-refractivity contribution < 1.29 is 4.39 Å². The van der Waals surface area contributed by atoms with E-state index in [0.717, 1.165) is 5.56 Å². The Labute approximate surface area is 115 Å². The maximum atomic E-state index is 13.5. The van der Waals surface area contributed by atoms with Crippen molar-refractivity contribution in [2.45, 2.75) is 20.4 Å². The maximum Gasteiger partial charge on any atom is 0.157 e. The first-order valence-corrected chi connectivity index (χ1v) is 6.12. The zero-order valence-electron chi connectivity index (χ0n) is 10.7. The molecule has 4 nitrogen and oxygen atoms in total. The van der Waals surface area contributed by atoms with Gasteiger partial charge in [-0.3, -0.25) is 0 Å². The number of benzene rings is 1. The SMILES string of the molecule is Cc1cc(CNc2ncnc(Cl)c2N)cc(C)c1F. The lowest BCUT2D eigenvalue weighted by atomic mass is 10.1. The first-order chi connectivity index (χ1) is 8.99. The quantitative estimate of drug-likeness (QED) is 0.848. The summed E-state index contributed by atoms with van der Waals surface area (Å²) < 4.78 is 13.5. The van der Waals surface area contributed by atoms with Crippen LogP contribution in [0.3, 0.4) is 0 Å². The number of rotatable bonds is 3. The van der Waals surface area contributed by atoms with Crippen molar-refractivity contribution in [3.8, 4) is 0 Å². The Balaban J connectivity index is 2.17. The molecule has 3 N–H and O–H groups in total. The van der Waals surface area contributed by atoms with Gasteiger partial charge in [0.15, 0.2) is 11.0 Å². The van der Waals surface area contributed by atoms with Crippen molar-refractivity contribution in [1.82, 2.24) is 9.97 Å². The number of aromatic nitrogens is 2. The van der Waals surface area contributed by atoms with E-state index in [1.807, 2.05) is 0 Å². The second kappa shape index (κ2) is 5.40. The van der Waals surface area contributed by atoms with Crippen LogP contribution in [0.2, 0.25) is 5.15 Å². The summed E-state index contributed by atoms with van der Waals surface area (Å²) in [5.41, 5.74) is 8.24. The van der Waals surface area contributed by atoms with Crippen LogP contribution < -0.4 is 11.1 Å². The summed E-state index contributed by atoms with van der Waals surface area (Å²) in [6.07, 6.45) is 1.34. The highest BCUT2D eigenvalue weighted by Crippen LogP contribution is 2.23. The molecule has 0 aliphatic heterocycles. The third-order valence-electron chi connectivity index (χ3n) is 2.79. The molecule has 0 aliphatic carbocycles. The average Bonchev–Trinajstić information content (AvgIpc) is 2.37. The minimum absolute atomic E-state index is 0.173. The van der Waals surface area contributed by atoms with Gasteiger partial charge in [0.1, 0.15) is 17.8 Å². The average molecular weight is 281 g/mol. The molecule has 100 valence electrons. The van der Waals surface area contributed by atoms with Gasteiger partial charge < -0.3 is 11.1 Å². The van der Waals surface area contributed by atoms with E-state index in [9.17, 15) is 4.39 Å². The zero-order chi connectivity index (χ0) is 14.0. The smallest absolute Gasteiger partial charge is 0.157 e. The van der Waals surface area contributed by atoms with Gasteiger partial charge in [0, 0.05) is 6.54 Å². The first kappa shape index (κ1) is 13.5. The fraction of sp³-hybridized carbons (Fsp3) is 0.231. The van der Waals surface area contributed by atoms with E-state index in [2.05, 4.69) is 15.3 Å². The predicted molar refractivity (Wildman–Crippen MR) is 74.7 cm³/mol. The lowest BCUT2D eigenvalue weighted by Gasteiger charge is -2.10. The molecule has 6 heteroatoms. The summed E-state index contributed by atoms with van der Waals surface area (Å²) in [4.78, 5) is 7.78. The molecule has 0 saturated carbocycles. The summed E-state index contributed by atoms with van der Waals surface area (Å²) in [7, 11) is 0. The molecule has 0 amide bonds. The van der Waals surface area contributed by atoms with Crippen LogP contribution in [-0.2, 0) is 6.54 Å². The predicted octanol–water partition coefficient (Wildman–Crippen LogP) is 3.08. The van der Waals surface area contributed by atoms with Crippen molar-refractivity contribution in [3.63, 3.8) is 0 Å². The van der Waals surface area contributed by atoms with Crippen LogP contribution in [0.4, 0.5) is 15.9 Å². The van der Waals surface area contributed by atoms with Gasteiger partial charge in [-0.15, -0.1) is 0 Å². The Bertz CT molecular complexity index is 593. The van der Waals surface area contributed by atoms with E-state index in [-0.39, 0.29) is 11.0 Å². The van der Waals surface area contributed by atoms with E-state index in [1.54, 1.807) is 26.0 Å². The number of aryl methyl sites for hydroxylation is 2. The molecule has 1 heterocycles. The molecular weight excluding hydrogens is 267 g/mol. The lowest BCUT2D eigenvalue weighted by molar-refractivity contribution is 0.608. The molecule has 0 saturated heterocycles. The largest absolute Gasteiger partial charge is 0.393 e. The van der Waals surface area contributed by atoms with E-state index in [0.29, 0.717) is 29.2 Å². The topological polar surface area (TPSA) is 63.8 Å². The second-order valence-corrected chi connectivity index (χ2v) is 4.68. The monoisotopic (exact) mass is 280 g/mol. The van der Waals surface area contributed by atoms with Gasteiger partial charge in [-0.1, -0.05) is 23.7 Å². The van der Waals surface area contributed by atoms with Crippen molar-refractivity contribution >= 4 is 23.1 Å². The van der Waals surface area contributed by atoms with Gasteiger partial charge in [-0.05, 0) is 30.5 Å². The Hall–Kier alpha value is -1.88. The highest BCUT2D eigenvalue weighted by molar-refractivity contribution is 6.32. The summed E-state index contributed by atoms with van der Waals surface area (Å²) in [6.45, 7) is 3.96. The van der Waals surface area contributed by atoms with Crippen molar-refractivity contribution in [3.05, 3.63) is 46.1 Å². The Morgan fingerprint density at radius 2 is 1.89 bits per heavy atom. The van der Waals surface area contributed by atoms with Crippen molar-refractivity contribution in [2.75, 3.05) is 11.1 Å². The van der Waals surface area contributed by atoms with Crippen LogP contribution in [0.5, 0.6) is 0 Å². The highest BCUT2D eigenvalue weighted by atomic mass is 35.5. The second-order valence-electron chi connectivity index (χ2n) is 4.32. The standard InChI is InChI=1S/C13H14ClFN4/c1-7-3-9(4-8(2)10(7)15)5-17-13-11(16)12(14)18-6-19-13/h3-4,6H,5,16H2,1-2H3,(H,17,18,19). The van der Waals surface area contributed by atoms with Gasteiger partial charge in [0.2, 0.25) is 0 Å². The number of halogens is 2. The van der Waals surface area contributed by atoms with Gasteiger partial charge >= 0.3 is 0 Å². The summed E-state index contributed by atoms with van der Waals surface area (Å²) >= 11 is 5.80. The van der Waals surface area contributed by atoms with Gasteiger partial charge in [-0.2, -0.15) is 0 Å². The molecule has 0 spiro atoms. The molecule has 1 aromatic carbocycles. The van der Waals surface area contributed by atoms with Crippen molar-refractivity contribution in [1.29, 1.82) is 0 Å². The van der Waals surface area contributed by atoms with E-state index in [1.165, 1.54) is 6.33 Å². The Morgan fingerprint density at radius 1 is 1.26 bits per heavy atom. The van der Waals surface area contributed by atoms with E-state index >= 15 is 0 Å². The third-order valence-corrected chi connectivity index (χ3v) is 3.09. The molecular formula is C13H14ClFN4. The summed E-state index contributed by atoms with van der Waals surface area (Å²) in [6, 6.07) is 3.57. The number of nitrogens with zero attached hydrogens (tertiary/aromatic N) is 2. The molecule has 0 radical (unpaired) electrons. The Kier molecular flexibility index (Phi) is 3.85. The minimum Gasteiger partial charge on any atom is -0.393 e. The van der Waals surface area contributed by atoms with Crippen LogP contribution in [0.25, 0.3) is 0 Å². The molecule has 0 aliphatic rings. The third kappa shape index (κ3) is 2.93. The number of nitrogens with one attached hydrogen (secondary N) is 1. The molecule has 0 atom stereocenters. The van der Waals surface area contributed by atoms with Crippen LogP contribution in [0.15, 0.2) is 18.5 Å². The fourth-order valence-electron chi connectivity index (χ4n) is 1.84. The number of hydrogen-bond acceptors (Lipinski definition) is 4.